The van der Waals surface area contributed by atoms with Gasteiger partial charge in [-0.25, -0.2) is 0 Å². The summed E-state index contributed by atoms with van der Waals surface area (Å²) in [5.74, 6) is -2.71. The monoisotopic (exact) mass is 204 g/mol. The van der Waals surface area contributed by atoms with E-state index in [1.54, 1.807) is 0 Å². The lowest BCUT2D eigenvalue weighted by atomic mass is 10.3. The van der Waals surface area contributed by atoms with Crippen molar-refractivity contribution in [3.8, 4) is 0 Å². The summed E-state index contributed by atoms with van der Waals surface area (Å²) in [6.45, 7) is -0.154. The molecule has 6 nitrogen and oxygen atoms in total. The Hall–Kier alpha value is -1.43. The highest BCUT2D eigenvalue weighted by Crippen LogP contribution is 1.97. The fourth-order valence-corrected chi connectivity index (χ4v) is 0.661. The predicted molar refractivity (Wildman–Crippen MR) is 44.3 cm³/mol. The lowest BCUT2D eigenvalue weighted by Crippen LogP contribution is -2.13. The van der Waals surface area contributed by atoms with Crippen LogP contribution in [0.2, 0.25) is 0 Å². The van der Waals surface area contributed by atoms with Gasteiger partial charge < -0.3 is 14.9 Å². The molecule has 0 spiro atoms. The first-order valence-corrected chi connectivity index (χ1v) is 4.12. The molecule has 0 saturated heterocycles. The maximum absolute atomic E-state index is 10.8. The van der Waals surface area contributed by atoms with Gasteiger partial charge >= 0.3 is 17.9 Å². The van der Waals surface area contributed by atoms with Gasteiger partial charge in [0.05, 0.1) is 12.8 Å². The number of carbonyl (C=O) groups is 3. The van der Waals surface area contributed by atoms with Crippen LogP contribution in [0.3, 0.4) is 0 Å². The number of aliphatic hydroxyl groups is 1. The van der Waals surface area contributed by atoms with Crippen molar-refractivity contribution in [2.24, 2.45) is 0 Å². The van der Waals surface area contributed by atoms with Crippen molar-refractivity contribution in [3.05, 3.63) is 0 Å². The number of hydrogen-bond donors (Lipinski definition) is 2. The molecule has 6 heteroatoms. The van der Waals surface area contributed by atoms with Gasteiger partial charge in [-0.15, -0.1) is 0 Å². The minimum absolute atomic E-state index is 0.0463. The number of esters is 2. The molecule has 0 aliphatic heterocycles. The number of carboxylic acid groups (broad SMARTS) is 1. The van der Waals surface area contributed by atoms with E-state index in [0.717, 1.165) is 0 Å². The van der Waals surface area contributed by atoms with E-state index in [2.05, 4.69) is 4.74 Å². The topological polar surface area (TPSA) is 101 Å². The fourth-order valence-electron chi connectivity index (χ4n) is 0.661. The summed E-state index contributed by atoms with van der Waals surface area (Å²) in [6.07, 6.45) is -0.493. The van der Waals surface area contributed by atoms with Crippen molar-refractivity contribution in [2.45, 2.75) is 25.7 Å². The van der Waals surface area contributed by atoms with E-state index in [-0.39, 0.29) is 32.3 Å². The van der Waals surface area contributed by atoms with Crippen LogP contribution in [0.15, 0.2) is 0 Å². The number of ether oxygens (including phenoxy) is 1. The molecular formula is C8H12O6. The number of carbonyl (C=O) groups excluding carboxylic acids is 2. The van der Waals surface area contributed by atoms with Gasteiger partial charge in [0.15, 0.2) is 0 Å². The summed E-state index contributed by atoms with van der Waals surface area (Å²) in [5, 5.41) is 16.6. The zero-order valence-electron chi connectivity index (χ0n) is 7.56. The van der Waals surface area contributed by atoms with Crippen LogP contribution in [0, 0.1) is 0 Å². The zero-order chi connectivity index (χ0) is 11.0. The average Bonchev–Trinajstić information content (AvgIpc) is 2.11. The molecule has 0 aromatic rings. The Kier molecular flexibility index (Phi) is 6.30. The lowest BCUT2D eigenvalue weighted by molar-refractivity contribution is -0.161. The SMILES string of the molecule is O=C(O)CCC(=O)OC(=O)CCCO. The van der Waals surface area contributed by atoms with Crippen LogP contribution in [-0.4, -0.2) is 34.7 Å². The molecule has 0 saturated carbocycles. The van der Waals surface area contributed by atoms with Crippen molar-refractivity contribution >= 4 is 17.9 Å². The first-order chi connectivity index (χ1) is 6.56. The van der Waals surface area contributed by atoms with Gasteiger partial charge in [0, 0.05) is 13.0 Å². The van der Waals surface area contributed by atoms with Crippen molar-refractivity contribution < 1.29 is 29.3 Å². The summed E-state index contributed by atoms with van der Waals surface area (Å²) in [6, 6.07) is 0. The summed E-state index contributed by atoms with van der Waals surface area (Å²) in [7, 11) is 0. The molecule has 0 unspecified atom stereocenters. The summed E-state index contributed by atoms with van der Waals surface area (Å²) in [4.78, 5) is 31.5. The lowest BCUT2D eigenvalue weighted by Gasteiger charge is -2.00. The highest BCUT2D eigenvalue weighted by molar-refractivity contribution is 5.86. The molecule has 0 aliphatic rings. The Balaban J connectivity index is 3.60. The van der Waals surface area contributed by atoms with Crippen LogP contribution < -0.4 is 0 Å². The summed E-state index contributed by atoms with van der Waals surface area (Å²) in [5.41, 5.74) is 0. The average molecular weight is 204 g/mol. The van der Waals surface area contributed by atoms with Crippen LogP contribution in [0.25, 0.3) is 0 Å². The molecule has 0 radical (unpaired) electrons. The number of hydrogen-bond acceptors (Lipinski definition) is 5. The van der Waals surface area contributed by atoms with Crippen LogP contribution in [0.5, 0.6) is 0 Å². The normalized spacial score (nSPS) is 9.50. The number of carboxylic acids is 1. The summed E-state index contributed by atoms with van der Waals surface area (Å²) >= 11 is 0. The molecule has 0 rings (SSSR count). The van der Waals surface area contributed by atoms with Crippen LogP contribution in [0.4, 0.5) is 0 Å². The third-order valence-electron chi connectivity index (χ3n) is 1.31. The standard InChI is InChI=1S/C8H12O6/c9-5-1-2-7(12)14-8(13)4-3-6(10)11/h9H,1-5H2,(H,10,11). The van der Waals surface area contributed by atoms with Crippen LogP contribution in [0.1, 0.15) is 25.7 Å². The van der Waals surface area contributed by atoms with E-state index < -0.39 is 17.9 Å². The van der Waals surface area contributed by atoms with Gasteiger partial charge in [-0.1, -0.05) is 0 Å². The molecule has 0 bridgehead atoms. The zero-order valence-corrected chi connectivity index (χ0v) is 7.56. The molecular weight excluding hydrogens is 192 g/mol. The van der Waals surface area contributed by atoms with Crippen LogP contribution in [-0.2, 0) is 19.1 Å². The van der Waals surface area contributed by atoms with E-state index in [9.17, 15) is 14.4 Å². The van der Waals surface area contributed by atoms with Gasteiger partial charge in [0.1, 0.15) is 0 Å². The minimum Gasteiger partial charge on any atom is -0.481 e. The van der Waals surface area contributed by atoms with Crippen molar-refractivity contribution in [1.82, 2.24) is 0 Å². The van der Waals surface area contributed by atoms with Gasteiger partial charge in [0.25, 0.3) is 0 Å². The third-order valence-corrected chi connectivity index (χ3v) is 1.31. The number of aliphatic hydroxyl groups excluding tert-OH is 1. The van der Waals surface area contributed by atoms with Gasteiger partial charge in [-0.3, -0.25) is 14.4 Å². The molecule has 2 N–H and O–H groups in total. The van der Waals surface area contributed by atoms with Gasteiger partial charge in [0.2, 0.25) is 0 Å². The van der Waals surface area contributed by atoms with Gasteiger partial charge in [-0.05, 0) is 6.42 Å². The third kappa shape index (κ3) is 7.23. The highest BCUT2D eigenvalue weighted by atomic mass is 16.6. The first-order valence-electron chi connectivity index (χ1n) is 4.12. The molecule has 0 heterocycles. The maximum Gasteiger partial charge on any atom is 0.314 e. The van der Waals surface area contributed by atoms with Crippen molar-refractivity contribution in [1.29, 1.82) is 0 Å². The van der Waals surface area contributed by atoms with E-state index in [1.165, 1.54) is 0 Å². The predicted octanol–water partition coefficient (Wildman–Crippen LogP) is -0.307. The van der Waals surface area contributed by atoms with Crippen LogP contribution >= 0.6 is 0 Å². The molecule has 0 aromatic heterocycles. The van der Waals surface area contributed by atoms with E-state index in [4.69, 9.17) is 10.2 Å². The largest absolute Gasteiger partial charge is 0.481 e. The molecule has 80 valence electrons. The smallest absolute Gasteiger partial charge is 0.314 e. The Morgan fingerprint density at radius 3 is 2.07 bits per heavy atom. The Morgan fingerprint density at radius 1 is 1.00 bits per heavy atom. The fraction of sp³-hybridized carbons (Fsp3) is 0.625. The second-order valence-electron chi connectivity index (χ2n) is 2.57. The molecule has 14 heavy (non-hydrogen) atoms. The Bertz CT molecular complexity index is 222. The Morgan fingerprint density at radius 2 is 1.57 bits per heavy atom. The quantitative estimate of drug-likeness (QED) is 0.454. The molecule has 0 fully saturated rings. The first kappa shape index (κ1) is 12.6. The molecule has 0 aromatic carbocycles. The number of rotatable bonds is 6. The molecule has 0 atom stereocenters. The molecule has 0 amide bonds. The second kappa shape index (κ2) is 7.02. The van der Waals surface area contributed by atoms with Crippen molar-refractivity contribution in [3.63, 3.8) is 0 Å². The Labute approximate surface area is 80.5 Å². The van der Waals surface area contributed by atoms with E-state index >= 15 is 0 Å². The van der Waals surface area contributed by atoms with Gasteiger partial charge in [-0.2, -0.15) is 0 Å². The minimum atomic E-state index is -1.12. The number of aliphatic carboxylic acids is 1. The highest BCUT2D eigenvalue weighted by Gasteiger charge is 2.11. The summed E-state index contributed by atoms with van der Waals surface area (Å²) < 4.78 is 4.25. The molecule has 0 aliphatic carbocycles. The van der Waals surface area contributed by atoms with E-state index in [1.807, 2.05) is 0 Å². The van der Waals surface area contributed by atoms with E-state index in [0.29, 0.717) is 0 Å². The second-order valence-corrected chi connectivity index (χ2v) is 2.57. The maximum atomic E-state index is 10.8. The van der Waals surface area contributed by atoms with Crippen molar-refractivity contribution in [2.75, 3.05) is 6.61 Å².